The number of hydrogen-bond donors (Lipinski definition) is 1. The number of nitrogens with one attached hydrogen (secondary N) is 1. The fourth-order valence-corrected chi connectivity index (χ4v) is 3.41. The third-order valence-corrected chi connectivity index (χ3v) is 4.99. The van der Waals surface area contributed by atoms with E-state index in [0.29, 0.717) is 12.1 Å². The van der Waals surface area contributed by atoms with Crippen LogP contribution in [0.25, 0.3) is 6.08 Å². The molecule has 0 fully saturated rings. The van der Waals surface area contributed by atoms with Crippen LogP contribution in [-0.2, 0) is 25.9 Å². The minimum absolute atomic E-state index is 0.0255. The van der Waals surface area contributed by atoms with Crippen molar-refractivity contribution in [1.29, 1.82) is 0 Å². The van der Waals surface area contributed by atoms with Crippen LogP contribution in [0, 0.1) is 0 Å². The summed E-state index contributed by atoms with van der Waals surface area (Å²) in [5, 5.41) is 18.9. The highest BCUT2D eigenvalue weighted by atomic mass is 19.4. The summed E-state index contributed by atoms with van der Waals surface area (Å²) < 4.78 is 42.5. The van der Waals surface area contributed by atoms with Crippen molar-refractivity contribution in [3.8, 4) is 5.75 Å². The number of aryl methyl sites for hydroxylation is 2. The Kier molecular flexibility index (Phi) is 6.66. The van der Waals surface area contributed by atoms with E-state index in [-0.39, 0.29) is 18.0 Å². The molecule has 0 bridgehead atoms. The number of amides is 1. The summed E-state index contributed by atoms with van der Waals surface area (Å²) in [5.41, 5.74) is 3.68. The van der Waals surface area contributed by atoms with Gasteiger partial charge in [-0.1, -0.05) is 29.5 Å². The molecule has 33 heavy (non-hydrogen) atoms. The molecule has 1 aromatic carbocycles. The number of rotatable bonds is 9. The van der Waals surface area contributed by atoms with Gasteiger partial charge in [-0.05, 0) is 48.6 Å². The summed E-state index contributed by atoms with van der Waals surface area (Å²) in [4.78, 5) is 12.3. The molecule has 1 aliphatic rings. The van der Waals surface area contributed by atoms with Gasteiger partial charge in [-0.3, -0.25) is 9.48 Å². The quantitative estimate of drug-likeness (QED) is 0.494. The highest BCUT2D eigenvalue weighted by Gasteiger charge is 2.31. The van der Waals surface area contributed by atoms with Gasteiger partial charge < -0.3 is 10.1 Å². The van der Waals surface area contributed by atoms with Crippen molar-refractivity contribution in [3.05, 3.63) is 70.8 Å². The normalized spacial score (nSPS) is 12.6. The van der Waals surface area contributed by atoms with Gasteiger partial charge in [0.05, 0.1) is 17.6 Å². The van der Waals surface area contributed by atoms with E-state index in [1.807, 2.05) is 0 Å². The van der Waals surface area contributed by atoms with Crippen molar-refractivity contribution in [3.63, 3.8) is 0 Å². The predicted octanol–water partition coefficient (Wildman–Crippen LogP) is 3.49. The largest absolute Gasteiger partial charge is 0.573 e. The lowest BCUT2D eigenvalue weighted by Gasteiger charge is -2.10. The molecule has 1 aliphatic carbocycles. The van der Waals surface area contributed by atoms with Crippen molar-refractivity contribution in [2.75, 3.05) is 0 Å². The second-order valence-corrected chi connectivity index (χ2v) is 7.55. The number of hydrogen-bond acceptors (Lipinski definition) is 6. The number of allylic oxidation sites excluding steroid dienone is 1. The molecule has 1 N–H and O–H groups in total. The van der Waals surface area contributed by atoms with Crippen LogP contribution in [0.3, 0.4) is 0 Å². The van der Waals surface area contributed by atoms with Crippen molar-refractivity contribution >= 4 is 12.0 Å². The molecule has 11 heteroatoms. The topological polar surface area (TPSA) is 94.8 Å². The molecular weight excluding hydrogens is 437 g/mol. The molecular formula is C22H21F3N6O2. The van der Waals surface area contributed by atoms with E-state index in [1.165, 1.54) is 18.2 Å². The Hall–Kier alpha value is -3.76. The lowest BCUT2D eigenvalue weighted by molar-refractivity contribution is -0.274. The number of ether oxygens (including phenoxy) is 1. The third-order valence-electron chi connectivity index (χ3n) is 4.99. The van der Waals surface area contributed by atoms with E-state index in [4.69, 9.17) is 0 Å². The second-order valence-electron chi connectivity index (χ2n) is 7.55. The van der Waals surface area contributed by atoms with Gasteiger partial charge in [0.2, 0.25) is 0 Å². The van der Waals surface area contributed by atoms with Crippen LogP contribution >= 0.6 is 0 Å². The first-order valence-corrected chi connectivity index (χ1v) is 10.4. The first kappa shape index (κ1) is 22.4. The highest BCUT2D eigenvalue weighted by Crippen LogP contribution is 2.23. The molecule has 8 nitrogen and oxygen atoms in total. The van der Waals surface area contributed by atoms with E-state index in [1.54, 1.807) is 16.9 Å². The number of aromatic nitrogens is 5. The Morgan fingerprint density at radius 3 is 2.88 bits per heavy atom. The predicted molar refractivity (Wildman–Crippen MR) is 112 cm³/mol. The van der Waals surface area contributed by atoms with Crippen LogP contribution in [-0.4, -0.2) is 37.5 Å². The molecule has 0 aliphatic heterocycles. The molecule has 3 aromatic rings. The van der Waals surface area contributed by atoms with E-state index >= 15 is 0 Å². The first-order chi connectivity index (χ1) is 15.9. The SMILES string of the molecule is O=C(NCc1cccc(OC(F)(F)F)c1)c1cn(CCCCc2cc3c(nn2)CC=C3)nn1. The first-order valence-electron chi connectivity index (χ1n) is 10.4. The summed E-state index contributed by atoms with van der Waals surface area (Å²) in [6.45, 7) is 0.618. The van der Waals surface area contributed by atoms with Gasteiger partial charge in [0, 0.05) is 19.5 Å². The maximum absolute atomic E-state index is 12.3. The number of unbranched alkanes of at least 4 members (excludes halogenated alkanes) is 1. The zero-order valence-corrected chi connectivity index (χ0v) is 17.5. The zero-order chi connectivity index (χ0) is 23.3. The van der Waals surface area contributed by atoms with E-state index in [9.17, 15) is 18.0 Å². The number of benzene rings is 1. The van der Waals surface area contributed by atoms with Crippen molar-refractivity contribution in [2.45, 2.75) is 45.1 Å². The summed E-state index contributed by atoms with van der Waals surface area (Å²) >= 11 is 0. The summed E-state index contributed by atoms with van der Waals surface area (Å²) in [6.07, 6.45) is 4.24. The molecule has 1 amide bonds. The van der Waals surface area contributed by atoms with Gasteiger partial charge in [0.1, 0.15) is 5.75 Å². The standard InChI is InChI=1S/C22H21F3N6O2/c23-22(24,25)33-18-8-3-5-15(11-18)13-26-21(32)20-14-31(30-29-20)10-2-1-7-17-12-16-6-4-9-19(16)28-27-17/h3-6,8,11-12,14H,1-2,7,9-10,13H2,(H,26,32). The number of carbonyl (C=O) groups is 1. The highest BCUT2D eigenvalue weighted by molar-refractivity contribution is 5.91. The Morgan fingerprint density at radius 1 is 1.15 bits per heavy atom. The van der Waals surface area contributed by atoms with E-state index < -0.39 is 12.3 Å². The Labute approximate surface area is 187 Å². The Morgan fingerprint density at radius 2 is 2.03 bits per heavy atom. The average molecular weight is 458 g/mol. The van der Waals surface area contributed by atoms with Gasteiger partial charge in [0.15, 0.2) is 5.69 Å². The smallest absolute Gasteiger partial charge is 0.406 e. The summed E-state index contributed by atoms with van der Waals surface area (Å²) in [7, 11) is 0. The van der Waals surface area contributed by atoms with E-state index in [0.717, 1.165) is 42.6 Å². The Bertz CT molecular complexity index is 1160. The maximum Gasteiger partial charge on any atom is 0.573 e. The fourth-order valence-electron chi connectivity index (χ4n) is 3.41. The van der Waals surface area contributed by atoms with Gasteiger partial charge in [-0.15, -0.1) is 18.3 Å². The van der Waals surface area contributed by atoms with Crippen molar-refractivity contribution < 1.29 is 22.7 Å². The molecule has 172 valence electrons. The van der Waals surface area contributed by atoms with Crippen molar-refractivity contribution in [1.82, 2.24) is 30.5 Å². The zero-order valence-electron chi connectivity index (χ0n) is 17.5. The van der Waals surface area contributed by atoms with Crippen LogP contribution in [0.15, 0.2) is 42.6 Å². The lowest BCUT2D eigenvalue weighted by Crippen LogP contribution is -2.23. The fraction of sp³-hybridized carbons (Fsp3) is 0.318. The minimum atomic E-state index is -4.77. The molecule has 0 spiro atoms. The van der Waals surface area contributed by atoms with Gasteiger partial charge >= 0.3 is 6.36 Å². The van der Waals surface area contributed by atoms with Crippen LogP contribution in [0.5, 0.6) is 5.75 Å². The Balaban J connectivity index is 1.21. The molecule has 0 atom stereocenters. The molecule has 0 unspecified atom stereocenters. The van der Waals surface area contributed by atoms with Crippen LogP contribution in [0.4, 0.5) is 13.2 Å². The van der Waals surface area contributed by atoms with Gasteiger partial charge in [-0.25, -0.2) is 0 Å². The third kappa shape index (κ3) is 6.37. The summed E-state index contributed by atoms with van der Waals surface area (Å²) in [5.74, 6) is -0.813. The van der Waals surface area contributed by atoms with Crippen molar-refractivity contribution in [2.24, 2.45) is 0 Å². The number of nitrogens with zero attached hydrogens (tertiary/aromatic N) is 5. The monoisotopic (exact) mass is 458 g/mol. The molecule has 0 saturated carbocycles. The lowest BCUT2D eigenvalue weighted by atomic mass is 10.1. The number of alkyl halides is 3. The molecule has 2 heterocycles. The average Bonchev–Trinajstić information content (AvgIpc) is 3.43. The second kappa shape index (κ2) is 9.80. The summed E-state index contributed by atoms with van der Waals surface area (Å²) in [6, 6.07) is 7.48. The van der Waals surface area contributed by atoms with E-state index in [2.05, 4.69) is 48.8 Å². The van der Waals surface area contributed by atoms with Crippen LogP contribution in [0.1, 0.15) is 45.8 Å². The molecule has 0 saturated heterocycles. The maximum atomic E-state index is 12.3. The van der Waals surface area contributed by atoms with Crippen LogP contribution < -0.4 is 10.1 Å². The number of carbonyl (C=O) groups excluding carboxylic acids is 1. The van der Waals surface area contributed by atoms with Crippen LogP contribution in [0.2, 0.25) is 0 Å². The number of halogens is 3. The molecule has 2 aromatic heterocycles. The molecule has 0 radical (unpaired) electrons. The number of fused-ring (bicyclic) bond motifs is 1. The van der Waals surface area contributed by atoms with Gasteiger partial charge in [-0.2, -0.15) is 10.2 Å². The molecule has 4 rings (SSSR count). The van der Waals surface area contributed by atoms with Gasteiger partial charge in [0.25, 0.3) is 5.91 Å². The minimum Gasteiger partial charge on any atom is -0.406 e.